The average molecular weight is 413 g/mol. The quantitative estimate of drug-likeness (QED) is 0.478. The lowest BCUT2D eigenvalue weighted by Crippen LogP contribution is -2.36. The Kier molecular flexibility index (Phi) is 6.36. The van der Waals surface area contributed by atoms with Gasteiger partial charge < -0.3 is 14.2 Å². The van der Waals surface area contributed by atoms with Crippen LogP contribution in [0.2, 0.25) is 0 Å². The molecule has 0 unspecified atom stereocenters. The van der Waals surface area contributed by atoms with Gasteiger partial charge in [-0.2, -0.15) is 8.42 Å². The molecule has 2 aromatic rings. The minimum Gasteiger partial charge on any atom is -0.463 e. The Hall–Kier alpha value is -2.38. The number of nitrogens with zero attached hydrogens (tertiary/aromatic N) is 3. The highest BCUT2D eigenvalue weighted by Crippen LogP contribution is 2.29. The summed E-state index contributed by atoms with van der Waals surface area (Å²) in [4.78, 5) is 15.3. The second kappa shape index (κ2) is 8.75. The Labute approximate surface area is 161 Å². The van der Waals surface area contributed by atoms with Gasteiger partial charge in [-0.25, -0.2) is 18.6 Å². The number of aromatic nitrogens is 3. The number of esters is 1. The summed E-state index contributed by atoms with van der Waals surface area (Å²) in [5, 5.41) is 3.96. The maximum atomic E-state index is 11.5. The Morgan fingerprint density at radius 2 is 2.11 bits per heavy atom. The van der Waals surface area contributed by atoms with Gasteiger partial charge in [0.15, 0.2) is 0 Å². The number of ether oxygens (including phenoxy) is 3. The molecule has 3 atom stereocenters. The normalized spacial score (nSPS) is 22.3. The van der Waals surface area contributed by atoms with Crippen molar-refractivity contribution in [3.8, 4) is 0 Å². The predicted molar refractivity (Wildman–Crippen MR) is 92.7 cm³/mol. The number of carbonyl (C=O) groups excluding carboxylic acids is 1. The summed E-state index contributed by atoms with van der Waals surface area (Å²) in [6, 6.07) is 8.63. The van der Waals surface area contributed by atoms with Crippen LogP contribution in [0.25, 0.3) is 0 Å². The van der Waals surface area contributed by atoms with E-state index >= 15 is 0 Å². The Morgan fingerprint density at radius 3 is 2.79 bits per heavy atom. The lowest BCUT2D eigenvalue weighted by atomic mass is 10.1. The third-order valence-electron chi connectivity index (χ3n) is 4.07. The first-order chi connectivity index (χ1) is 13.4. The van der Waals surface area contributed by atoms with Crippen molar-refractivity contribution in [2.75, 3.05) is 20.3 Å². The number of methoxy groups -OCH3 is 1. The lowest BCUT2D eigenvalue weighted by Gasteiger charge is -2.21. The van der Waals surface area contributed by atoms with Crippen LogP contribution in [-0.4, -0.2) is 66.2 Å². The highest BCUT2D eigenvalue weighted by molar-refractivity contribution is 7.80. The van der Waals surface area contributed by atoms with E-state index in [9.17, 15) is 13.2 Å². The van der Waals surface area contributed by atoms with Crippen LogP contribution in [-0.2, 0) is 35.4 Å². The molecule has 11 nitrogen and oxygen atoms in total. The van der Waals surface area contributed by atoms with Gasteiger partial charge in [0.2, 0.25) is 0 Å². The highest BCUT2D eigenvalue weighted by atomic mass is 32.3. The van der Waals surface area contributed by atoms with E-state index < -0.39 is 34.6 Å². The molecule has 1 N–H and O–H groups in total. The molecule has 152 valence electrons. The summed E-state index contributed by atoms with van der Waals surface area (Å²) in [5.41, 5.74) is 0.934. The average Bonchev–Trinajstić information content (AvgIpc) is 3.28. The fraction of sp³-hybridized carbons (Fsp3) is 0.438. The molecule has 1 saturated heterocycles. The molecule has 0 amide bonds. The van der Waals surface area contributed by atoms with Crippen LogP contribution in [0.3, 0.4) is 0 Å². The lowest BCUT2D eigenvalue weighted by molar-refractivity contribution is -0.0241. The van der Waals surface area contributed by atoms with Crippen molar-refractivity contribution in [1.29, 1.82) is 0 Å². The van der Waals surface area contributed by atoms with E-state index in [1.54, 1.807) is 0 Å². The summed E-state index contributed by atoms with van der Waals surface area (Å²) in [5.74, 6) is -0.940. The second-order valence-corrected chi connectivity index (χ2v) is 7.02. The van der Waals surface area contributed by atoms with Gasteiger partial charge >= 0.3 is 16.4 Å². The number of carbonyl (C=O) groups is 1. The van der Waals surface area contributed by atoms with Gasteiger partial charge in [-0.15, -0.1) is 5.10 Å². The first-order valence-corrected chi connectivity index (χ1v) is 9.62. The van der Waals surface area contributed by atoms with Crippen LogP contribution in [0.15, 0.2) is 36.7 Å². The monoisotopic (exact) mass is 413 g/mol. The van der Waals surface area contributed by atoms with Gasteiger partial charge in [-0.3, -0.25) is 4.55 Å². The summed E-state index contributed by atoms with van der Waals surface area (Å²) in [6.07, 6.45) is -0.687. The first-order valence-electron chi connectivity index (χ1n) is 8.26. The van der Waals surface area contributed by atoms with Crippen molar-refractivity contribution < 1.29 is 36.2 Å². The molecule has 1 aliphatic heterocycles. The smallest absolute Gasteiger partial charge is 0.397 e. The van der Waals surface area contributed by atoms with Gasteiger partial charge in [-0.1, -0.05) is 30.3 Å². The SMILES string of the molecule is COC(=O)c1ncn([C@@H]2CO[C@H](COCc3ccccc3)[C@H]2OS(=O)(=O)O)n1. The van der Waals surface area contributed by atoms with Gasteiger partial charge in [0.05, 0.1) is 26.9 Å². The zero-order valence-electron chi connectivity index (χ0n) is 14.9. The molecule has 12 heteroatoms. The van der Waals surface area contributed by atoms with Gasteiger partial charge in [-0.05, 0) is 5.56 Å². The molecule has 0 bridgehead atoms. The van der Waals surface area contributed by atoms with Gasteiger partial charge in [0.25, 0.3) is 5.82 Å². The van der Waals surface area contributed by atoms with E-state index in [1.807, 2.05) is 30.3 Å². The Balaban J connectivity index is 1.70. The van der Waals surface area contributed by atoms with E-state index in [4.69, 9.17) is 18.2 Å². The van der Waals surface area contributed by atoms with E-state index in [2.05, 4.69) is 14.8 Å². The maximum Gasteiger partial charge on any atom is 0.397 e. The van der Waals surface area contributed by atoms with Gasteiger partial charge in [0.1, 0.15) is 24.6 Å². The zero-order chi connectivity index (χ0) is 20.1. The fourth-order valence-electron chi connectivity index (χ4n) is 2.78. The molecule has 1 aromatic heterocycles. The molecular weight excluding hydrogens is 394 g/mol. The summed E-state index contributed by atoms with van der Waals surface area (Å²) < 4.78 is 53.4. The molecule has 0 aliphatic carbocycles. The van der Waals surface area contributed by atoms with Crippen LogP contribution in [0.1, 0.15) is 22.2 Å². The van der Waals surface area contributed by atoms with Crippen molar-refractivity contribution in [3.05, 3.63) is 48.0 Å². The van der Waals surface area contributed by atoms with E-state index in [0.717, 1.165) is 5.56 Å². The van der Waals surface area contributed by atoms with Crippen LogP contribution in [0, 0.1) is 0 Å². The molecule has 28 heavy (non-hydrogen) atoms. The molecular formula is C16H19N3O8S. The Morgan fingerprint density at radius 1 is 1.36 bits per heavy atom. The van der Waals surface area contributed by atoms with Crippen molar-refractivity contribution in [3.63, 3.8) is 0 Å². The van der Waals surface area contributed by atoms with Crippen molar-refractivity contribution >= 4 is 16.4 Å². The first kappa shape index (κ1) is 20.4. The zero-order valence-corrected chi connectivity index (χ0v) is 15.7. The number of hydrogen-bond acceptors (Lipinski definition) is 9. The molecule has 0 spiro atoms. The summed E-state index contributed by atoms with van der Waals surface area (Å²) in [6.45, 7) is 0.327. The molecule has 0 radical (unpaired) electrons. The van der Waals surface area contributed by atoms with Gasteiger partial charge in [0, 0.05) is 0 Å². The van der Waals surface area contributed by atoms with Crippen LogP contribution >= 0.6 is 0 Å². The fourth-order valence-corrected chi connectivity index (χ4v) is 3.32. The molecule has 0 saturated carbocycles. The highest BCUT2D eigenvalue weighted by Gasteiger charge is 2.43. The van der Waals surface area contributed by atoms with Crippen molar-refractivity contribution in [2.24, 2.45) is 0 Å². The maximum absolute atomic E-state index is 11.5. The Bertz CT molecular complexity index is 902. The molecule has 1 fully saturated rings. The standard InChI is InChI=1S/C16H19N3O8S/c1-24-16(20)15-17-10-19(18-15)12-8-26-13(14(12)27-28(21,22)23)9-25-7-11-5-3-2-4-6-11/h2-6,10,12-14H,7-9H2,1H3,(H,21,22,23)/t12-,13-,14+/m1/s1. The van der Waals surface area contributed by atoms with E-state index in [0.29, 0.717) is 6.61 Å². The van der Waals surface area contributed by atoms with Crippen molar-refractivity contribution in [1.82, 2.24) is 14.8 Å². The number of rotatable bonds is 8. The third-order valence-corrected chi connectivity index (χ3v) is 4.53. The van der Waals surface area contributed by atoms with Crippen LogP contribution in [0.5, 0.6) is 0 Å². The minimum absolute atomic E-state index is 0.0174. The predicted octanol–water partition coefficient (Wildman–Crippen LogP) is 0.409. The molecule has 2 heterocycles. The number of hydrogen-bond donors (Lipinski definition) is 1. The largest absolute Gasteiger partial charge is 0.463 e. The van der Waals surface area contributed by atoms with Crippen LogP contribution in [0.4, 0.5) is 0 Å². The van der Waals surface area contributed by atoms with Crippen LogP contribution < -0.4 is 0 Å². The summed E-state index contributed by atoms with van der Waals surface area (Å²) in [7, 11) is -3.57. The molecule has 1 aromatic carbocycles. The summed E-state index contributed by atoms with van der Waals surface area (Å²) >= 11 is 0. The van der Waals surface area contributed by atoms with E-state index in [1.165, 1.54) is 18.1 Å². The molecule has 3 rings (SSSR count). The number of benzene rings is 1. The third kappa shape index (κ3) is 5.11. The minimum atomic E-state index is -4.76. The topological polar surface area (TPSA) is 139 Å². The second-order valence-electron chi connectivity index (χ2n) is 5.97. The van der Waals surface area contributed by atoms with Crippen molar-refractivity contribution in [2.45, 2.75) is 24.9 Å². The van der Waals surface area contributed by atoms with E-state index in [-0.39, 0.29) is 19.0 Å². The molecule has 1 aliphatic rings.